The fourth-order valence-corrected chi connectivity index (χ4v) is 5.59. The molecule has 0 aliphatic carbocycles. The molecular formula is C24H24Cl2N2O3S2. The largest absolute Gasteiger partial charge is 0.354 e. The number of sulfonamides is 1. The molecule has 0 radical (unpaired) electrons. The van der Waals surface area contributed by atoms with Crippen LogP contribution in [0.15, 0.2) is 77.7 Å². The first kappa shape index (κ1) is 25.4. The average molecular weight is 524 g/mol. The zero-order valence-electron chi connectivity index (χ0n) is 18.0. The van der Waals surface area contributed by atoms with Crippen molar-refractivity contribution in [3.8, 4) is 0 Å². The fourth-order valence-electron chi connectivity index (χ4n) is 3.03. The smallest absolute Gasteiger partial charge is 0.264 e. The minimum absolute atomic E-state index is 0.118. The van der Waals surface area contributed by atoms with Crippen molar-refractivity contribution < 1.29 is 13.2 Å². The summed E-state index contributed by atoms with van der Waals surface area (Å²) in [5.41, 5.74) is 2.42. The standard InChI is InChI=1S/C24H24Cl2N2O3S2/c1-18-5-11-23(12-6-18)33(30,31)28(22-9-7-20(25)8-10-22)16-24(29)27-13-14-32-17-19-3-2-4-21(26)15-19/h2-12,15H,13-14,16-17H2,1H3,(H,27,29). The maximum atomic E-state index is 13.3. The SMILES string of the molecule is Cc1ccc(S(=O)(=O)N(CC(=O)NCCSCc2cccc(Cl)c2)c2ccc(Cl)cc2)cc1. The Kier molecular flexibility index (Phi) is 9.09. The number of hydrogen-bond donors (Lipinski definition) is 1. The highest BCUT2D eigenvalue weighted by Gasteiger charge is 2.27. The summed E-state index contributed by atoms with van der Waals surface area (Å²) < 4.78 is 27.7. The van der Waals surface area contributed by atoms with Crippen molar-refractivity contribution in [2.45, 2.75) is 17.6 Å². The highest BCUT2D eigenvalue weighted by molar-refractivity contribution is 7.98. The van der Waals surface area contributed by atoms with Gasteiger partial charge in [0, 0.05) is 28.1 Å². The van der Waals surface area contributed by atoms with Gasteiger partial charge in [-0.2, -0.15) is 11.8 Å². The van der Waals surface area contributed by atoms with Crippen LogP contribution in [0.5, 0.6) is 0 Å². The molecule has 0 aliphatic heterocycles. The van der Waals surface area contributed by atoms with Gasteiger partial charge in [0.15, 0.2) is 0 Å². The van der Waals surface area contributed by atoms with Crippen LogP contribution in [0, 0.1) is 6.92 Å². The van der Waals surface area contributed by atoms with E-state index in [1.807, 2.05) is 31.2 Å². The lowest BCUT2D eigenvalue weighted by Gasteiger charge is -2.24. The van der Waals surface area contributed by atoms with Crippen LogP contribution in [-0.4, -0.2) is 33.2 Å². The lowest BCUT2D eigenvalue weighted by atomic mass is 10.2. The Hall–Kier alpha value is -2.19. The maximum Gasteiger partial charge on any atom is 0.264 e. The molecule has 0 saturated carbocycles. The third-order valence-corrected chi connectivity index (χ3v) is 8.04. The summed E-state index contributed by atoms with van der Waals surface area (Å²) in [4.78, 5) is 12.8. The number of thioether (sulfide) groups is 1. The van der Waals surface area contributed by atoms with Crippen LogP contribution in [0.1, 0.15) is 11.1 Å². The topological polar surface area (TPSA) is 66.5 Å². The molecule has 1 N–H and O–H groups in total. The molecule has 0 saturated heterocycles. The Morgan fingerprint density at radius 2 is 1.67 bits per heavy atom. The molecule has 1 amide bonds. The van der Waals surface area contributed by atoms with Crippen molar-refractivity contribution in [1.29, 1.82) is 0 Å². The number of nitrogens with one attached hydrogen (secondary N) is 1. The van der Waals surface area contributed by atoms with Crippen LogP contribution in [0.25, 0.3) is 0 Å². The molecule has 0 aromatic heterocycles. The Labute approximate surface area is 209 Å². The number of aryl methyl sites for hydroxylation is 1. The van der Waals surface area contributed by atoms with Crippen LogP contribution in [0.3, 0.4) is 0 Å². The Bertz CT molecular complexity index is 1190. The number of benzene rings is 3. The summed E-state index contributed by atoms with van der Waals surface area (Å²) in [5.74, 6) is 1.07. The molecule has 174 valence electrons. The maximum absolute atomic E-state index is 13.3. The molecule has 3 aromatic carbocycles. The number of halogens is 2. The summed E-state index contributed by atoms with van der Waals surface area (Å²) >= 11 is 13.6. The number of rotatable bonds is 10. The lowest BCUT2D eigenvalue weighted by molar-refractivity contribution is -0.119. The Morgan fingerprint density at radius 3 is 2.33 bits per heavy atom. The normalized spacial score (nSPS) is 11.2. The van der Waals surface area contributed by atoms with E-state index >= 15 is 0 Å². The summed E-state index contributed by atoms with van der Waals surface area (Å²) in [6.45, 7) is 1.96. The molecule has 0 atom stereocenters. The van der Waals surface area contributed by atoms with E-state index in [2.05, 4.69) is 5.32 Å². The van der Waals surface area contributed by atoms with Crippen molar-refractivity contribution in [3.63, 3.8) is 0 Å². The minimum atomic E-state index is -3.94. The third kappa shape index (κ3) is 7.40. The highest BCUT2D eigenvalue weighted by atomic mass is 35.5. The molecule has 0 aliphatic rings. The molecule has 0 bridgehead atoms. The zero-order chi connectivity index (χ0) is 23.8. The first-order chi connectivity index (χ1) is 15.8. The number of carbonyl (C=O) groups is 1. The molecule has 5 nitrogen and oxygen atoms in total. The molecule has 0 fully saturated rings. The van der Waals surface area contributed by atoms with Crippen molar-refractivity contribution in [1.82, 2.24) is 5.32 Å². The second kappa shape index (κ2) is 11.8. The van der Waals surface area contributed by atoms with Gasteiger partial charge in [0.25, 0.3) is 10.0 Å². The summed E-state index contributed by atoms with van der Waals surface area (Å²) in [7, 11) is -3.94. The van der Waals surface area contributed by atoms with E-state index in [4.69, 9.17) is 23.2 Å². The van der Waals surface area contributed by atoms with E-state index in [-0.39, 0.29) is 17.3 Å². The Balaban J connectivity index is 1.64. The average Bonchev–Trinajstić information content (AvgIpc) is 2.78. The third-order valence-electron chi connectivity index (χ3n) is 4.74. The summed E-state index contributed by atoms with van der Waals surface area (Å²) in [5, 5.41) is 3.98. The molecule has 0 heterocycles. The molecule has 3 aromatic rings. The molecular weight excluding hydrogens is 499 g/mol. The predicted molar refractivity (Wildman–Crippen MR) is 138 cm³/mol. The molecule has 0 unspecified atom stereocenters. The van der Waals surface area contributed by atoms with Gasteiger partial charge in [0.2, 0.25) is 5.91 Å². The van der Waals surface area contributed by atoms with Gasteiger partial charge in [0.05, 0.1) is 10.6 Å². The predicted octanol–water partition coefficient (Wildman–Crippen LogP) is 5.55. The van der Waals surface area contributed by atoms with Gasteiger partial charge in [-0.15, -0.1) is 0 Å². The first-order valence-corrected chi connectivity index (χ1v) is 13.5. The molecule has 9 heteroatoms. The van der Waals surface area contributed by atoms with E-state index in [0.29, 0.717) is 28.0 Å². The first-order valence-electron chi connectivity index (χ1n) is 10.2. The van der Waals surface area contributed by atoms with Crippen molar-refractivity contribution >= 4 is 56.6 Å². The van der Waals surface area contributed by atoms with Crippen LogP contribution < -0.4 is 9.62 Å². The van der Waals surface area contributed by atoms with Crippen LogP contribution in [0.4, 0.5) is 5.69 Å². The van der Waals surface area contributed by atoms with Gasteiger partial charge in [-0.25, -0.2) is 8.42 Å². The van der Waals surface area contributed by atoms with E-state index in [0.717, 1.165) is 21.2 Å². The van der Waals surface area contributed by atoms with E-state index in [9.17, 15) is 13.2 Å². The van der Waals surface area contributed by atoms with Crippen LogP contribution in [-0.2, 0) is 20.6 Å². The van der Waals surface area contributed by atoms with Crippen LogP contribution in [0.2, 0.25) is 10.0 Å². The second-order valence-electron chi connectivity index (χ2n) is 7.33. The van der Waals surface area contributed by atoms with Crippen LogP contribution >= 0.6 is 35.0 Å². The minimum Gasteiger partial charge on any atom is -0.354 e. The summed E-state index contributed by atoms with van der Waals surface area (Å²) in [6, 6.07) is 20.5. The number of amides is 1. The lowest BCUT2D eigenvalue weighted by Crippen LogP contribution is -2.41. The zero-order valence-corrected chi connectivity index (χ0v) is 21.1. The van der Waals surface area contributed by atoms with Crippen molar-refractivity contribution in [3.05, 3.63) is 94.0 Å². The molecule has 3 rings (SSSR count). The van der Waals surface area contributed by atoms with Gasteiger partial charge < -0.3 is 5.32 Å². The van der Waals surface area contributed by atoms with E-state index < -0.39 is 10.0 Å². The fraction of sp³-hybridized carbons (Fsp3) is 0.208. The monoisotopic (exact) mass is 522 g/mol. The summed E-state index contributed by atoms with van der Waals surface area (Å²) in [6.07, 6.45) is 0. The van der Waals surface area contributed by atoms with Gasteiger partial charge in [-0.3, -0.25) is 9.10 Å². The van der Waals surface area contributed by atoms with Crippen molar-refractivity contribution in [2.24, 2.45) is 0 Å². The Morgan fingerprint density at radius 1 is 0.970 bits per heavy atom. The van der Waals surface area contributed by atoms with Gasteiger partial charge in [-0.05, 0) is 61.0 Å². The van der Waals surface area contributed by atoms with Gasteiger partial charge in [0.1, 0.15) is 6.54 Å². The molecule has 0 spiro atoms. The number of anilines is 1. The van der Waals surface area contributed by atoms with Crippen molar-refractivity contribution in [2.75, 3.05) is 23.1 Å². The van der Waals surface area contributed by atoms with Gasteiger partial charge in [-0.1, -0.05) is 53.0 Å². The van der Waals surface area contributed by atoms with E-state index in [1.54, 1.807) is 48.2 Å². The molecule has 33 heavy (non-hydrogen) atoms. The van der Waals surface area contributed by atoms with E-state index in [1.165, 1.54) is 12.1 Å². The van der Waals surface area contributed by atoms with Gasteiger partial charge >= 0.3 is 0 Å². The number of nitrogens with zero attached hydrogens (tertiary/aromatic N) is 1. The number of hydrogen-bond acceptors (Lipinski definition) is 4. The number of carbonyl (C=O) groups excluding carboxylic acids is 1. The highest BCUT2D eigenvalue weighted by Crippen LogP contribution is 2.25. The quantitative estimate of drug-likeness (QED) is 0.354. The second-order valence-corrected chi connectivity index (χ2v) is 11.2.